The predicted molar refractivity (Wildman–Crippen MR) is 137 cm³/mol. The maximum absolute atomic E-state index is 13.1. The molecule has 4 rings (SSSR count). The molecule has 1 saturated heterocycles. The van der Waals surface area contributed by atoms with Gasteiger partial charge in [-0.05, 0) is 42.5 Å². The van der Waals surface area contributed by atoms with E-state index < -0.39 is 18.6 Å². The normalized spacial score (nSPS) is 15.7. The Balaban J connectivity index is 1.53. The third-order valence-corrected chi connectivity index (χ3v) is 6.54. The molecule has 7 nitrogen and oxygen atoms in total. The molecule has 2 amide bonds. The van der Waals surface area contributed by atoms with Crippen LogP contribution >= 0.6 is 35.6 Å². The molecule has 1 aliphatic rings. The summed E-state index contributed by atoms with van der Waals surface area (Å²) in [5.74, 6) is 0.278. The fourth-order valence-electron chi connectivity index (χ4n) is 3.22. The predicted octanol–water partition coefficient (Wildman–Crippen LogP) is 4.09. The number of aliphatic hydroxyl groups is 2. The highest BCUT2D eigenvalue weighted by Gasteiger charge is 2.34. The zero-order valence-corrected chi connectivity index (χ0v) is 20.0. The molecule has 34 heavy (non-hydrogen) atoms. The minimum atomic E-state index is -1.05. The third-order valence-electron chi connectivity index (χ3n) is 4.91. The molecule has 2 heterocycles. The van der Waals surface area contributed by atoms with Gasteiger partial charge in [0.25, 0.3) is 11.8 Å². The van der Waals surface area contributed by atoms with Crippen molar-refractivity contribution in [1.29, 1.82) is 0 Å². The number of hydrogen-bond acceptors (Lipinski definition) is 7. The quantitative estimate of drug-likeness (QED) is 0.322. The number of carbonyl (C=O) groups excluding carboxylic acids is 2. The minimum absolute atomic E-state index is 0.0946. The number of aliphatic hydroxyl groups excluding tert-OH is 2. The van der Waals surface area contributed by atoms with Gasteiger partial charge < -0.3 is 19.9 Å². The molecule has 0 saturated carbocycles. The maximum atomic E-state index is 13.1. The number of amides is 2. The lowest BCUT2D eigenvalue weighted by Crippen LogP contribution is -2.34. The van der Waals surface area contributed by atoms with Crippen LogP contribution in [-0.4, -0.2) is 45.6 Å². The molecule has 0 aliphatic carbocycles. The molecule has 1 aromatic heterocycles. The summed E-state index contributed by atoms with van der Waals surface area (Å²) in [7, 11) is 0. The van der Waals surface area contributed by atoms with Gasteiger partial charge in [-0.15, -0.1) is 0 Å². The summed E-state index contributed by atoms with van der Waals surface area (Å²) in [5.41, 5.74) is 1.48. The Kier molecular flexibility index (Phi) is 7.50. The van der Waals surface area contributed by atoms with Crippen molar-refractivity contribution in [2.75, 3.05) is 18.1 Å². The Morgan fingerprint density at radius 3 is 2.76 bits per heavy atom. The number of hydrogen-bond donors (Lipinski definition) is 3. The Morgan fingerprint density at radius 1 is 1.21 bits per heavy atom. The van der Waals surface area contributed by atoms with E-state index in [9.17, 15) is 14.7 Å². The first-order valence-electron chi connectivity index (χ1n) is 10.2. The van der Waals surface area contributed by atoms with Crippen LogP contribution in [0.2, 0.25) is 5.02 Å². The van der Waals surface area contributed by atoms with Crippen LogP contribution in [0.3, 0.4) is 0 Å². The monoisotopic (exact) mass is 514 g/mol. The number of nitrogens with one attached hydrogen (secondary N) is 1. The summed E-state index contributed by atoms with van der Waals surface area (Å²) in [6.45, 7) is -0.554. The van der Waals surface area contributed by atoms with E-state index in [-0.39, 0.29) is 18.0 Å². The van der Waals surface area contributed by atoms with Crippen molar-refractivity contribution in [2.24, 2.45) is 0 Å². The lowest BCUT2D eigenvalue weighted by atomic mass is 10.1. The molecule has 0 bridgehead atoms. The van der Waals surface area contributed by atoms with Crippen molar-refractivity contribution in [1.82, 2.24) is 5.32 Å². The number of thioether (sulfide) groups is 1. The van der Waals surface area contributed by atoms with Gasteiger partial charge in [-0.1, -0.05) is 53.8 Å². The standard InChI is InChI=1S/C24H19ClN2O5S2/c25-19-7-2-1-6-18(19)20-9-8-17(32-20)11-21-23(31)27(24(33)34-21)15-5-3-4-14(10-15)22(30)26-12-16(29)13-28/h1-11,16,28-29H,12-13H2,(H,26,30). The molecular formula is C24H19ClN2O5S2. The fourth-order valence-corrected chi connectivity index (χ4v) is 4.73. The minimum Gasteiger partial charge on any atom is -0.457 e. The second-order valence-corrected chi connectivity index (χ2v) is 9.38. The number of furan rings is 1. The van der Waals surface area contributed by atoms with Gasteiger partial charge in [0, 0.05) is 23.7 Å². The van der Waals surface area contributed by atoms with E-state index >= 15 is 0 Å². The third kappa shape index (κ3) is 5.24. The van der Waals surface area contributed by atoms with Crippen molar-refractivity contribution < 1.29 is 24.2 Å². The lowest BCUT2D eigenvalue weighted by molar-refractivity contribution is -0.113. The summed E-state index contributed by atoms with van der Waals surface area (Å²) in [4.78, 5) is 27.2. The number of rotatable bonds is 7. The van der Waals surface area contributed by atoms with Crippen LogP contribution in [0.15, 0.2) is 70.0 Å². The maximum Gasteiger partial charge on any atom is 0.270 e. The average Bonchev–Trinajstić information content (AvgIpc) is 3.41. The highest BCUT2D eigenvalue weighted by molar-refractivity contribution is 8.27. The fraction of sp³-hybridized carbons (Fsp3) is 0.125. The van der Waals surface area contributed by atoms with E-state index in [2.05, 4.69) is 5.32 Å². The summed E-state index contributed by atoms with van der Waals surface area (Å²) in [6.07, 6.45) is 0.566. The molecule has 174 valence electrons. The van der Waals surface area contributed by atoms with Crippen molar-refractivity contribution >= 4 is 63.5 Å². The average molecular weight is 515 g/mol. The summed E-state index contributed by atoms with van der Waals surface area (Å²) >= 11 is 12.8. The SMILES string of the molecule is O=C(NCC(O)CO)c1cccc(N2C(=O)C(=Cc3ccc(-c4ccccc4Cl)o3)SC2=S)c1. The van der Waals surface area contributed by atoms with Crippen molar-refractivity contribution in [2.45, 2.75) is 6.10 Å². The van der Waals surface area contributed by atoms with E-state index in [0.29, 0.717) is 31.5 Å². The zero-order chi connectivity index (χ0) is 24.2. The molecule has 0 spiro atoms. The lowest BCUT2D eigenvalue weighted by Gasteiger charge is -2.16. The van der Waals surface area contributed by atoms with Gasteiger partial charge in [-0.2, -0.15) is 0 Å². The van der Waals surface area contributed by atoms with E-state index in [1.165, 1.54) is 11.0 Å². The van der Waals surface area contributed by atoms with Crippen LogP contribution in [0.5, 0.6) is 0 Å². The molecule has 10 heteroatoms. The Bertz CT molecular complexity index is 1290. The number of anilines is 1. The Labute approximate surface area is 210 Å². The Morgan fingerprint density at radius 2 is 2.00 bits per heavy atom. The molecule has 1 fully saturated rings. The van der Waals surface area contributed by atoms with E-state index in [0.717, 1.165) is 17.3 Å². The van der Waals surface area contributed by atoms with E-state index in [1.807, 2.05) is 18.2 Å². The largest absolute Gasteiger partial charge is 0.457 e. The van der Waals surface area contributed by atoms with Gasteiger partial charge in [0.15, 0.2) is 4.32 Å². The highest BCUT2D eigenvalue weighted by Crippen LogP contribution is 2.37. The molecule has 3 N–H and O–H groups in total. The van der Waals surface area contributed by atoms with Crippen molar-refractivity contribution in [3.63, 3.8) is 0 Å². The van der Waals surface area contributed by atoms with Crippen LogP contribution in [0, 0.1) is 0 Å². The number of thiocarbonyl (C=S) groups is 1. The first-order valence-corrected chi connectivity index (χ1v) is 11.8. The molecule has 0 radical (unpaired) electrons. The van der Waals surface area contributed by atoms with Crippen LogP contribution in [0.4, 0.5) is 5.69 Å². The van der Waals surface area contributed by atoms with E-state index in [1.54, 1.807) is 42.5 Å². The van der Waals surface area contributed by atoms with Gasteiger partial charge in [0.1, 0.15) is 11.5 Å². The number of benzene rings is 2. The number of halogens is 1. The van der Waals surface area contributed by atoms with Crippen LogP contribution in [0.1, 0.15) is 16.1 Å². The number of nitrogens with zero attached hydrogens (tertiary/aromatic N) is 1. The van der Waals surface area contributed by atoms with Crippen LogP contribution < -0.4 is 10.2 Å². The number of carbonyl (C=O) groups is 2. The van der Waals surface area contributed by atoms with Crippen molar-refractivity contribution in [3.05, 3.63) is 81.9 Å². The molecule has 1 atom stereocenters. The second-order valence-electron chi connectivity index (χ2n) is 7.30. The molecule has 2 aromatic carbocycles. The first kappa shape index (κ1) is 24.2. The topological polar surface area (TPSA) is 103 Å². The smallest absolute Gasteiger partial charge is 0.270 e. The van der Waals surface area contributed by atoms with Gasteiger partial charge in [-0.25, -0.2) is 0 Å². The summed E-state index contributed by atoms with van der Waals surface area (Å²) in [6, 6.07) is 17.3. The van der Waals surface area contributed by atoms with Gasteiger partial charge in [-0.3, -0.25) is 14.5 Å². The molecule has 1 aliphatic heterocycles. The molecular weight excluding hydrogens is 496 g/mol. The van der Waals surface area contributed by atoms with Crippen LogP contribution in [0.25, 0.3) is 17.4 Å². The Hall–Kier alpha value is -2.95. The summed E-state index contributed by atoms with van der Waals surface area (Å²) in [5, 5.41) is 21.4. The molecule has 1 unspecified atom stereocenters. The van der Waals surface area contributed by atoms with E-state index in [4.69, 9.17) is 33.3 Å². The molecule has 3 aromatic rings. The van der Waals surface area contributed by atoms with Gasteiger partial charge >= 0.3 is 0 Å². The highest BCUT2D eigenvalue weighted by atomic mass is 35.5. The first-order chi connectivity index (χ1) is 16.4. The summed E-state index contributed by atoms with van der Waals surface area (Å²) < 4.78 is 6.19. The zero-order valence-electron chi connectivity index (χ0n) is 17.6. The second kappa shape index (κ2) is 10.5. The van der Waals surface area contributed by atoms with Crippen LogP contribution in [-0.2, 0) is 4.79 Å². The van der Waals surface area contributed by atoms with Gasteiger partial charge in [0.2, 0.25) is 0 Å². The van der Waals surface area contributed by atoms with Gasteiger partial charge in [0.05, 0.1) is 28.3 Å². The van der Waals surface area contributed by atoms with Crippen molar-refractivity contribution in [3.8, 4) is 11.3 Å².